The molecule has 2 aromatic carbocycles. The molecule has 6 rings (SSSR count). The Hall–Kier alpha value is -3.32. The number of alkyl halides is 2. The third-order valence-electron chi connectivity index (χ3n) is 7.72. The van der Waals surface area contributed by atoms with Crippen LogP contribution in [0.15, 0.2) is 71.5 Å². The van der Waals surface area contributed by atoms with Crippen molar-refractivity contribution in [1.82, 2.24) is 0 Å². The summed E-state index contributed by atoms with van der Waals surface area (Å²) >= 11 is 0. The highest BCUT2D eigenvalue weighted by Crippen LogP contribution is 2.43. The summed E-state index contributed by atoms with van der Waals surface area (Å²) in [7, 11) is -2.23. The molecular weight excluding hydrogens is 462 g/mol. The molecule has 2 aromatic rings. The number of carbonyl (C=O) groups is 1. The van der Waals surface area contributed by atoms with Crippen molar-refractivity contribution < 1.29 is 23.3 Å². The van der Waals surface area contributed by atoms with Crippen LogP contribution in [0.2, 0.25) is 13.1 Å². The largest absolute Gasteiger partial charge is 0.478 e. The molecule has 1 N–H and O–H groups in total. The van der Waals surface area contributed by atoms with Crippen LogP contribution in [0.3, 0.4) is 0 Å². The van der Waals surface area contributed by atoms with Gasteiger partial charge in [-0.15, -0.1) is 0 Å². The first-order valence-corrected chi connectivity index (χ1v) is 15.0. The van der Waals surface area contributed by atoms with Crippen molar-refractivity contribution in [3.8, 4) is 0 Å². The van der Waals surface area contributed by atoms with Crippen LogP contribution in [0.4, 0.5) is 14.5 Å². The molecule has 2 fully saturated rings. The van der Waals surface area contributed by atoms with Gasteiger partial charge in [-0.1, -0.05) is 37.4 Å². The molecule has 0 saturated carbocycles. The summed E-state index contributed by atoms with van der Waals surface area (Å²) in [6.45, 7) is 6.22. The summed E-state index contributed by atoms with van der Waals surface area (Å²) in [5.41, 5.74) is 5.97. The Kier molecular flexibility index (Phi) is 4.97. The highest BCUT2D eigenvalue weighted by molar-refractivity contribution is 6.98. The van der Waals surface area contributed by atoms with E-state index < -0.39 is 26.4 Å². The number of carboxylic acids is 1. The number of halogens is 2. The molecule has 0 radical (unpaired) electrons. The van der Waals surface area contributed by atoms with Crippen LogP contribution in [-0.4, -0.2) is 68.0 Å². The summed E-state index contributed by atoms with van der Waals surface area (Å²) in [6.07, 6.45) is 4.71. The van der Waals surface area contributed by atoms with E-state index in [1.165, 1.54) is 10.4 Å². The van der Waals surface area contributed by atoms with Gasteiger partial charge in [0.25, 0.3) is 0 Å². The maximum atomic E-state index is 13.6. The maximum Gasteiger partial charge on any atom is 0.336 e. The second-order valence-corrected chi connectivity index (χ2v) is 14.6. The molecule has 0 aromatic heterocycles. The number of anilines is 1. The first kappa shape index (κ1) is 22.2. The van der Waals surface area contributed by atoms with Crippen molar-refractivity contribution in [2.24, 2.45) is 0 Å². The number of hydrogen-bond acceptors (Lipinski definition) is 2. The molecule has 0 atom stereocenters. The molecule has 2 saturated heterocycles. The van der Waals surface area contributed by atoms with Gasteiger partial charge in [-0.05, 0) is 56.9 Å². The summed E-state index contributed by atoms with van der Waals surface area (Å²) in [5.74, 6) is -0.962. The van der Waals surface area contributed by atoms with Gasteiger partial charge in [0.15, 0.2) is 18.8 Å². The Morgan fingerprint density at radius 1 is 1.03 bits per heavy atom. The van der Waals surface area contributed by atoms with Crippen molar-refractivity contribution in [2.75, 3.05) is 31.1 Å². The van der Waals surface area contributed by atoms with Gasteiger partial charge >= 0.3 is 5.97 Å². The van der Waals surface area contributed by atoms with Crippen LogP contribution < -0.4 is 10.1 Å². The number of aromatic carboxylic acids is 1. The van der Waals surface area contributed by atoms with Crippen LogP contribution in [0.5, 0.6) is 0 Å². The van der Waals surface area contributed by atoms with Gasteiger partial charge in [-0.2, -0.15) is 0 Å². The quantitative estimate of drug-likeness (QED) is 0.521. The average molecular weight is 490 g/mol. The molecule has 4 aliphatic rings. The Morgan fingerprint density at radius 2 is 1.77 bits per heavy atom. The number of allylic oxidation sites excluding steroid dienone is 5. The topological polar surface area (TPSA) is 43.6 Å². The molecule has 7 heteroatoms. The molecule has 35 heavy (non-hydrogen) atoms. The normalized spacial score (nSPS) is 22.8. The molecule has 0 bridgehead atoms. The van der Waals surface area contributed by atoms with Crippen molar-refractivity contribution in [1.29, 1.82) is 0 Å². The molecule has 0 amide bonds. The van der Waals surface area contributed by atoms with Gasteiger partial charge < -0.3 is 10.0 Å². The van der Waals surface area contributed by atoms with Crippen LogP contribution in [0, 0.1) is 0 Å². The van der Waals surface area contributed by atoms with Crippen LogP contribution in [0.1, 0.15) is 21.5 Å². The zero-order valence-electron chi connectivity index (χ0n) is 19.8. The lowest BCUT2D eigenvalue weighted by molar-refractivity contribution is -0.599. The average Bonchev–Trinajstić information content (AvgIpc) is 2.80. The molecule has 3 heterocycles. The lowest BCUT2D eigenvalue weighted by Crippen LogP contribution is -2.52. The SMILES string of the molecule is C[Si]1(C)C2=CC(=[N+]3CC(F)C3)C=CC2=C(c2ccccc2C(=O)O)c2ccc(N3CC(F)C3)cc21. The van der Waals surface area contributed by atoms with Gasteiger partial charge in [0.1, 0.15) is 14.2 Å². The number of rotatable bonds is 3. The summed E-state index contributed by atoms with van der Waals surface area (Å²) in [4.78, 5) is 14.2. The van der Waals surface area contributed by atoms with E-state index >= 15 is 0 Å². The van der Waals surface area contributed by atoms with E-state index in [1.807, 2.05) is 33.8 Å². The lowest BCUT2D eigenvalue weighted by atomic mass is 9.87. The van der Waals surface area contributed by atoms with Crippen LogP contribution in [-0.2, 0) is 0 Å². The molecule has 0 spiro atoms. The molecular formula is C28H27F2N2O2Si+. The molecule has 178 valence electrons. The monoisotopic (exact) mass is 489 g/mol. The van der Waals surface area contributed by atoms with E-state index in [-0.39, 0.29) is 5.56 Å². The van der Waals surface area contributed by atoms with E-state index in [0.29, 0.717) is 31.7 Å². The molecule has 1 aliphatic carbocycles. The standard InChI is InChI=1S/C28H26F2N2O2Si/c1-35(2)25-11-19(31-13-17(29)14-31)7-9-23(25)27(21-5-3-4-6-22(21)28(33)34)24-10-8-20(12-26(24)35)32-15-18(30)16-32/h3-12,17-18H,13-16H2,1-2H3/p+1. The Bertz CT molecular complexity index is 1390. The minimum absolute atomic E-state index is 0.264. The minimum atomic E-state index is -2.23. The van der Waals surface area contributed by atoms with Crippen molar-refractivity contribution >= 4 is 36.2 Å². The molecule has 0 unspecified atom stereocenters. The van der Waals surface area contributed by atoms with E-state index in [1.54, 1.807) is 12.1 Å². The van der Waals surface area contributed by atoms with Gasteiger partial charge in [0.05, 0.1) is 18.7 Å². The van der Waals surface area contributed by atoms with Crippen molar-refractivity contribution in [3.63, 3.8) is 0 Å². The highest BCUT2D eigenvalue weighted by atomic mass is 28.3. The van der Waals surface area contributed by atoms with E-state index in [4.69, 9.17) is 0 Å². The highest BCUT2D eigenvalue weighted by Gasteiger charge is 2.42. The van der Waals surface area contributed by atoms with Gasteiger partial charge in [0.2, 0.25) is 6.17 Å². The number of benzene rings is 2. The molecule has 3 aliphatic heterocycles. The van der Waals surface area contributed by atoms with E-state index in [0.717, 1.165) is 28.1 Å². The van der Waals surface area contributed by atoms with E-state index in [9.17, 15) is 18.7 Å². The Balaban J connectivity index is 1.60. The first-order chi connectivity index (χ1) is 16.7. The van der Waals surface area contributed by atoms with Gasteiger partial charge in [-0.3, -0.25) is 0 Å². The fraction of sp³-hybridized carbons (Fsp3) is 0.286. The van der Waals surface area contributed by atoms with Crippen LogP contribution in [0.25, 0.3) is 5.57 Å². The number of hydrogen-bond donors (Lipinski definition) is 1. The smallest absolute Gasteiger partial charge is 0.336 e. The second kappa shape index (κ2) is 7.85. The minimum Gasteiger partial charge on any atom is -0.478 e. The zero-order valence-corrected chi connectivity index (χ0v) is 20.8. The number of fused-ring (bicyclic) bond motifs is 2. The molecule has 4 nitrogen and oxygen atoms in total. The first-order valence-electron chi connectivity index (χ1n) is 12.0. The number of nitrogens with zero attached hydrogens (tertiary/aromatic N) is 2. The summed E-state index contributed by atoms with van der Waals surface area (Å²) < 4.78 is 29.3. The lowest BCUT2D eigenvalue weighted by Gasteiger charge is -2.41. The zero-order chi connectivity index (χ0) is 24.5. The van der Waals surface area contributed by atoms with Crippen molar-refractivity contribution in [2.45, 2.75) is 25.4 Å². The van der Waals surface area contributed by atoms with Crippen LogP contribution >= 0.6 is 0 Å². The summed E-state index contributed by atoms with van der Waals surface area (Å²) in [5, 5.41) is 12.4. The number of carboxylic acid groups (broad SMARTS) is 1. The fourth-order valence-electron chi connectivity index (χ4n) is 5.67. The maximum absolute atomic E-state index is 13.6. The Labute approximate surface area is 204 Å². The van der Waals surface area contributed by atoms with Gasteiger partial charge in [-0.25, -0.2) is 18.2 Å². The summed E-state index contributed by atoms with van der Waals surface area (Å²) in [6, 6.07) is 13.4. The fourth-order valence-corrected chi connectivity index (χ4v) is 8.74. The predicted molar refractivity (Wildman–Crippen MR) is 137 cm³/mol. The van der Waals surface area contributed by atoms with Crippen molar-refractivity contribution in [3.05, 3.63) is 88.2 Å². The van der Waals surface area contributed by atoms with E-state index in [2.05, 4.69) is 37.4 Å². The third-order valence-corrected chi connectivity index (χ3v) is 11.2. The second-order valence-electron chi connectivity index (χ2n) is 10.3. The third kappa shape index (κ3) is 3.44. The Morgan fingerprint density at radius 3 is 2.46 bits per heavy atom. The predicted octanol–water partition coefficient (Wildman–Crippen LogP) is 4.11. The van der Waals surface area contributed by atoms with Gasteiger partial charge in [0, 0.05) is 17.8 Å².